The zero-order valence-electron chi connectivity index (χ0n) is 15.0. The lowest BCUT2D eigenvalue weighted by atomic mass is 9.82. The van der Waals surface area contributed by atoms with Crippen LogP contribution in [0.1, 0.15) is 35.6 Å². The number of ether oxygens (including phenoxy) is 2. The fourth-order valence-electron chi connectivity index (χ4n) is 4.07. The lowest BCUT2D eigenvalue weighted by molar-refractivity contribution is -0.148. The third kappa shape index (κ3) is 3.30. The lowest BCUT2D eigenvalue weighted by Gasteiger charge is -2.23. The summed E-state index contributed by atoms with van der Waals surface area (Å²) in [6.45, 7) is 3.24. The van der Waals surface area contributed by atoms with Gasteiger partial charge in [0, 0.05) is 24.9 Å². The summed E-state index contributed by atoms with van der Waals surface area (Å²) in [5, 5.41) is 3.30. The number of halogens is 2. The van der Waals surface area contributed by atoms with Gasteiger partial charge in [-0.3, -0.25) is 4.79 Å². The summed E-state index contributed by atoms with van der Waals surface area (Å²) >= 11 is 0. The van der Waals surface area contributed by atoms with Crippen LogP contribution in [0.4, 0.5) is 8.78 Å². The van der Waals surface area contributed by atoms with Gasteiger partial charge in [-0.05, 0) is 41.8 Å². The Morgan fingerprint density at radius 3 is 2.78 bits per heavy atom. The van der Waals surface area contributed by atoms with Crippen molar-refractivity contribution >= 4 is 5.97 Å². The van der Waals surface area contributed by atoms with Gasteiger partial charge in [-0.1, -0.05) is 18.2 Å². The number of hydrogen-bond donors (Lipinski definition) is 1. The number of carbonyl (C=O) groups is 1. The van der Waals surface area contributed by atoms with Gasteiger partial charge in [0.1, 0.15) is 5.75 Å². The molecule has 2 heterocycles. The zero-order valence-corrected chi connectivity index (χ0v) is 15.0. The van der Waals surface area contributed by atoms with Gasteiger partial charge < -0.3 is 14.8 Å². The molecule has 2 aromatic rings. The minimum absolute atomic E-state index is 0.118. The first kappa shape index (κ1) is 17.9. The van der Waals surface area contributed by atoms with E-state index in [2.05, 4.69) is 11.4 Å². The molecule has 1 N–H and O–H groups in total. The van der Waals surface area contributed by atoms with Crippen LogP contribution >= 0.6 is 0 Å². The van der Waals surface area contributed by atoms with Crippen LogP contribution in [-0.2, 0) is 16.0 Å². The minimum atomic E-state index is -0.921. The van der Waals surface area contributed by atoms with Crippen molar-refractivity contribution in [3.8, 4) is 5.75 Å². The van der Waals surface area contributed by atoms with Crippen molar-refractivity contribution < 1.29 is 23.0 Å². The van der Waals surface area contributed by atoms with Crippen molar-refractivity contribution in [3.63, 3.8) is 0 Å². The average Bonchev–Trinajstić information content (AvgIpc) is 3.30. The standard InChI is InChI=1S/C21H21F2NO3/c1-2-26-21(25)19-15(12-4-6-18-13(9-12)7-8-27-18)11-24-20(19)14-3-5-16(22)17(23)10-14/h3-6,9-10,15,19-20,24H,2,7-8,11H2,1H3/t15-,19+,20+/m1/s1. The summed E-state index contributed by atoms with van der Waals surface area (Å²) in [6, 6.07) is 9.30. The van der Waals surface area contributed by atoms with Crippen molar-refractivity contribution in [2.24, 2.45) is 5.92 Å². The highest BCUT2D eigenvalue weighted by molar-refractivity contribution is 5.76. The first-order chi connectivity index (χ1) is 13.1. The van der Waals surface area contributed by atoms with E-state index in [-0.39, 0.29) is 18.5 Å². The molecule has 6 heteroatoms. The van der Waals surface area contributed by atoms with Crippen LogP contribution in [0.3, 0.4) is 0 Å². The van der Waals surface area contributed by atoms with Crippen LogP contribution in [0, 0.1) is 17.6 Å². The number of benzene rings is 2. The van der Waals surface area contributed by atoms with Crippen LogP contribution in [-0.4, -0.2) is 25.7 Å². The predicted molar refractivity (Wildman–Crippen MR) is 95.6 cm³/mol. The fourth-order valence-corrected chi connectivity index (χ4v) is 4.07. The number of hydrogen-bond acceptors (Lipinski definition) is 4. The molecule has 0 amide bonds. The molecule has 0 unspecified atom stereocenters. The van der Waals surface area contributed by atoms with E-state index in [9.17, 15) is 13.6 Å². The van der Waals surface area contributed by atoms with Crippen molar-refractivity contribution in [1.29, 1.82) is 0 Å². The normalized spacial score (nSPS) is 23.7. The molecule has 2 aromatic carbocycles. The van der Waals surface area contributed by atoms with Gasteiger partial charge in [0.2, 0.25) is 0 Å². The molecule has 2 aliphatic rings. The maximum atomic E-state index is 13.7. The summed E-state index contributed by atoms with van der Waals surface area (Å²) in [7, 11) is 0. The van der Waals surface area contributed by atoms with E-state index in [0.717, 1.165) is 35.4 Å². The highest BCUT2D eigenvalue weighted by atomic mass is 19.2. The Balaban J connectivity index is 1.69. The maximum absolute atomic E-state index is 13.7. The number of rotatable bonds is 4. The van der Waals surface area contributed by atoms with E-state index < -0.39 is 23.6 Å². The molecule has 4 nitrogen and oxygen atoms in total. The molecule has 4 rings (SSSR count). The molecule has 0 bridgehead atoms. The van der Waals surface area contributed by atoms with Crippen LogP contribution in [0.25, 0.3) is 0 Å². The zero-order chi connectivity index (χ0) is 19.0. The van der Waals surface area contributed by atoms with Crippen molar-refractivity contribution in [3.05, 3.63) is 64.7 Å². The number of esters is 1. The molecule has 27 heavy (non-hydrogen) atoms. The Labute approximate surface area is 156 Å². The molecule has 3 atom stereocenters. The number of carbonyl (C=O) groups excluding carboxylic acids is 1. The van der Waals surface area contributed by atoms with Crippen LogP contribution in [0.5, 0.6) is 5.75 Å². The van der Waals surface area contributed by atoms with Crippen LogP contribution in [0.2, 0.25) is 0 Å². The highest BCUT2D eigenvalue weighted by Gasteiger charge is 2.43. The molecular weight excluding hydrogens is 352 g/mol. The molecule has 0 radical (unpaired) electrons. The van der Waals surface area contributed by atoms with Gasteiger partial charge in [0.15, 0.2) is 11.6 Å². The molecule has 2 aliphatic heterocycles. The number of nitrogens with one attached hydrogen (secondary N) is 1. The third-order valence-electron chi connectivity index (χ3n) is 5.35. The topological polar surface area (TPSA) is 47.6 Å². The highest BCUT2D eigenvalue weighted by Crippen LogP contribution is 2.42. The molecule has 0 spiro atoms. The van der Waals surface area contributed by atoms with Gasteiger partial charge >= 0.3 is 5.97 Å². The third-order valence-corrected chi connectivity index (χ3v) is 5.35. The van der Waals surface area contributed by atoms with Gasteiger partial charge in [-0.2, -0.15) is 0 Å². The largest absolute Gasteiger partial charge is 0.493 e. The first-order valence-corrected chi connectivity index (χ1v) is 9.19. The Bertz CT molecular complexity index is 871. The fraction of sp³-hybridized carbons (Fsp3) is 0.381. The molecule has 0 aliphatic carbocycles. The second-order valence-corrected chi connectivity index (χ2v) is 6.91. The van der Waals surface area contributed by atoms with Gasteiger partial charge in [-0.15, -0.1) is 0 Å². The SMILES string of the molecule is CCOC(=O)[C@H]1[C@@H](c2ccc3c(c2)CCO3)CN[C@H]1c1ccc(F)c(F)c1. The Kier molecular flexibility index (Phi) is 4.83. The van der Waals surface area contributed by atoms with Crippen LogP contribution in [0.15, 0.2) is 36.4 Å². The van der Waals surface area contributed by atoms with Crippen molar-refractivity contribution in [2.45, 2.75) is 25.3 Å². The van der Waals surface area contributed by atoms with Crippen molar-refractivity contribution in [2.75, 3.05) is 19.8 Å². The Hall–Kier alpha value is -2.47. The van der Waals surface area contributed by atoms with Crippen LogP contribution < -0.4 is 10.1 Å². The van der Waals surface area contributed by atoms with Gasteiger partial charge in [-0.25, -0.2) is 8.78 Å². The first-order valence-electron chi connectivity index (χ1n) is 9.19. The van der Waals surface area contributed by atoms with E-state index in [1.807, 2.05) is 12.1 Å². The summed E-state index contributed by atoms with van der Waals surface area (Å²) in [5.41, 5.74) is 2.69. The van der Waals surface area contributed by atoms with E-state index >= 15 is 0 Å². The Morgan fingerprint density at radius 1 is 1.19 bits per heavy atom. The van der Waals surface area contributed by atoms with E-state index in [1.165, 1.54) is 6.07 Å². The van der Waals surface area contributed by atoms with E-state index in [1.54, 1.807) is 6.92 Å². The second kappa shape index (κ2) is 7.27. The monoisotopic (exact) mass is 373 g/mol. The molecule has 1 saturated heterocycles. The average molecular weight is 373 g/mol. The summed E-state index contributed by atoms with van der Waals surface area (Å²) in [6.07, 6.45) is 0.847. The molecular formula is C21H21F2NO3. The predicted octanol–water partition coefficient (Wildman–Crippen LogP) is 3.51. The van der Waals surface area contributed by atoms with E-state index in [0.29, 0.717) is 18.7 Å². The van der Waals surface area contributed by atoms with Crippen molar-refractivity contribution in [1.82, 2.24) is 5.32 Å². The molecule has 1 fully saturated rings. The maximum Gasteiger partial charge on any atom is 0.311 e. The summed E-state index contributed by atoms with van der Waals surface area (Å²) in [4.78, 5) is 12.7. The van der Waals surface area contributed by atoms with E-state index in [4.69, 9.17) is 9.47 Å². The summed E-state index contributed by atoms with van der Waals surface area (Å²) in [5.74, 6) is -1.91. The minimum Gasteiger partial charge on any atom is -0.493 e. The second-order valence-electron chi connectivity index (χ2n) is 6.91. The van der Waals surface area contributed by atoms with Gasteiger partial charge in [0.25, 0.3) is 0 Å². The smallest absolute Gasteiger partial charge is 0.311 e. The number of fused-ring (bicyclic) bond motifs is 1. The molecule has 0 saturated carbocycles. The molecule has 142 valence electrons. The Morgan fingerprint density at radius 2 is 2.00 bits per heavy atom. The summed E-state index contributed by atoms with van der Waals surface area (Å²) < 4.78 is 37.9. The quantitative estimate of drug-likeness (QED) is 0.834. The molecule has 0 aromatic heterocycles. The van der Waals surface area contributed by atoms with Gasteiger partial charge in [0.05, 0.1) is 19.1 Å². The lowest BCUT2D eigenvalue weighted by Crippen LogP contribution is -2.27.